The Morgan fingerprint density at radius 1 is 1.73 bits per heavy atom. The fraction of sp³-hybridized carbons (Fsp3) is 0.667. The average Bonchev–Trinajstić information content (AvgIpc) is 2.18. The van der Waals surface area contributed by atoms with E-state index < -0.39 is 0 Å². The molecule has 0 aromatic heterocycles. The molecule has 0 aliphatic carbocycles. The maximum absolute atomic E-state index is 10.9. The molecule has 1 fully saturated rings. The van der Waals surface area contributed by atoms with Gasteiger partial charge in [0.1, 0.15) is 0 Å². The summed E-state index contributed by atoms with van der Waals surface area (Å²) in [5.41, 5.74) is 5.44. The van der Waals surface area contributed by atoms with Gasteiger partial charge in [-0.3, -0.25) is 14.5 Å². The second kappa shape index (κ2) is 3.23. The number of thioether (sulfide) groups is 1. The van der Waals surface area contributed by atoms with Gasteiger partial charge in [-0.2, -0.15) is 0 Å². The van der Waals surface area contributed by atoms with E-state index >= 15 is 0 Å². The Kier molecular flexibility index (Phi) is 2.51. The van der Waals surface area contributed by atoms with Crippen molar-refractivity contribution >= 4 is 22.9 Å². The van der Waals surface area contributed by atoms with Crippen LogP contribution in [0.2, 0.25) is 0 Å². The van der Waals surface area contributed by atoms with Gasteiger partial charge in [-0.15, -0.1) is 0 Å². The highest BCUT2D eigenvalue weighted by Gasteiger charge is 2.29. The van der Waals surface area contributed by atoms with Gasteiger partial charge < -0.3 is 5.73 Å². The summed E-state index contributed by atoms with van der Waals surface area (Å²) in [6.45, 7) is 2.11. The minimum absolute atomic E-state index is 0.127. The number of imide groups is 1. The van der Waals surface area contributed by atoms with Gasteiger partial charge in [0.05, 0.1) is 5.75 Å². The fourth-order valence-electron chi connectivity index (χ4n) is 0.845. The molecule has 62 valence electrons. The fourth-order valence-corrected chi connectivity index (χ4v) is 1.58. The molecule has 1 saturated heterocycles. The van der Waals surface area contributed by atoms with Crippen molar-refractivity contribution < 1.29 is 9.59 Å². The SMILES string of the molecule is CC(N)CN1C(=O)CSC1=O. The summed E-state index contributed by atoms with van der Waals surface area (Å²) in [7, 11) is 0. The molecule has 1 heterocycles. The summed E-state index contributed by atoms with van der Waals surface area (Å²) in [4.78, 5) is 23.1. The van der Waals surface area contributed by atoms with Crippen molar-refractivity contribution in [3.8, 4) is 0 Å². The van der Waals surface area contributed by atoms with Crippen LogP contribution in [0.4, 0.5) is 4.79 Å². The van der Waals surface area contributed by atoms with Crippen LogP contribution in [0.3, 0.4) is 0 Å². The topological polar surface area (TPSA) is 63.4 Å². The first-order valence-corrected chi connectivity index (χ1v) is 4.32. The molecule has 1 atom stereocenters. The Bertz CT molecular complexity index is 177. The van der Waals surface area contributed by atoms with Crippen LogP contribution in [0.5, 0.6) is 0 Å². The van der Waals surface area contributed by atoms with E-state index in [-0.39, 0.29) is 22.9 Å². The van der Waals surface area contributed by atoms with Gasteiger partial charge in [-0.1, -0.05) is 11.8 Å². The van der Waals surface area contributed by atoms with Crippen LogP contribution in [0.15, 0.2) is 0 Å². The number of amides is 2. The number of rotatable bonds is 2. The molecule has 1 aliphatic rings. The first-order valence-electron chi connectivity index (χ1n) is 3.34. The molecule has 0 spiro atoms. The lowest BCUT2D eigenvalue weighted by Crippen LogP contribution is -2.38. The Morgan fingerprint density at radius 2 is 2.36 bits per heavy atom. The molecular weight excluding hydrogens is 164 g/mol. The van der Waals surface area contributed by atoms with Crippen molar-refractivity contribution in [2.45, 2.75) is 13.0 Å². The molecule has 4 nitrogen and oxygen atoms in total. The molecule has 11 heavy (non-hydrogen) atoms. The van der Waals surface area contributed by atoms with Crippen molar-refractivity contribution in [2.24, 2.45) is 5.73 Å². The molecule has 2 amide bonds. The Labute approximate surface area is 69.1 Å². The minimum atomic E-state index is -0.174. The highest BCUT2D eigenvalue weighted by atomic mass is 32.2. The van der Waals surface area contributed by atoms with Gasteiger partial charge in [0.15, 0.2) is 0 Å². The highest BCUT2D eigenvalue weighted by Crippen LogP contribution is 2.18. The van der Waals surface area contributed by atoms with Gasteiger partial charge in [0.2, 0.25) is 5.91 Å². The van der Waals surface area contributed by atoms with Crippen LogP contribution in [0.1, 0.15) is 6.92 Å². The lowest BCUT2D eigenvalue weighted by molar-refractivity contribution is -0.124. The third-order valence-electron chi connectivity index (χ3n) is 1.31. The zero-order valence-corrected chi connectivity index (χ0v) is 7.06. The van der Waals surface area contributed by atoms with Crippen molar-refractivity contribution in [1.82, 2.24) is 4.90 Å². The zero-order chi connectivity index (χ0) is 8.43. The first kappa shape index (κ1) is 8.55. The van der Waals surface area contributed by atoms with Crippen LogP contribution in [0.25, 0.3) is 0 Å². The smallest absolute Gasteiger partial charge is 0.288 e. The van der Waals surface area contributed by atoms with Crippen molar-refractivity contribution in [1.29, 1.82) is 0 Å². The molecule has 0 saturated carbocycles. The standard InChI is InChI=1S/C6H10N2O2S/c1-4(7)2-8-5(9)3-11-6(8)10/h4H,2-3,7H2,1H3. The maximum atomic E-state index is 10.9. The van der Waals surface area contributed by atoms with E-state index in [1.54, 1.807) is 6.92 Å². The number of hydrogen-bond donors (Lipinski definition) is 1. The van der Waals surface area contributed by atoms with E-state index in [4.69, 9.17) is 5.73 Å². The lowest BCUT2D eigenvalue weighted by atomic mass is 10.3. The quantitative estimate of drug-likeness (QED) is 0.641. The van der Waals surface area contributed by atoms with Gasteiger partial charge >= 0.3 is 0 Å². The second-order valence-corrected chi connectivity index (χ2v) is 3.46. The molecule has 0 aromatic carbocycles. The molecule has 5 heteroatoms. The van der Waals surface area contributed by atoms with E-state index in [2.05, 4.69) is 0 Å². The number of carbonyl (C=O) groups is 2. The molecule has 1 aliphatic heterocycles. The monoisotopic (exact) mass is 174 g/mol. The van der Waals surface area contributed by atoms with E-state index in [9.17, 15) is 9.59 Å². The van der Waals surface area contributed by atoms with Crippen LogP contribution >= 0.6 is 11.8 Å². The minimum Gasteiger partial charge on any atom is -0.326 e. The summed E-state index contributed by atoms with van der Waals surface area (Å²) in [5.74, 6) is 0.142. The van der Waals surface area contributed by atoms with Crippen molar-refractivity contribution in [3.05, 3.63) is 0 Å². The van der Waals surface area contributed by atoms with Crippen molar-refractivity contribution in [3.63, 3.8) is 0 Å². The maximum Gasteiger partial charge on any atom is 0.288 e. The molecule has 0 radical (unpaired) electrons. The third-order valence-corrected chi connectivity index (χ3v) is 2.17. The molecule has 1 unspecified atom stereocenters. The van der Waals surface area contributed by atoms with Crippen LogP contribution in [-0.2, 0) is 4.79 Å². The van der Waals surface area contributed by atoms with E-state index in [0.717, 1.165) is 11.8 Å². The predicted molar refractivity (Wildman–Crippen MR) is 43.2 cm³/mol. The van der Waals surface area contributed by atoms with E-state index in [0.29, 0.717) is 6.54 Å². The molecule has 2 N–H and O–H groups in total. The number of hydrogen-bond acceptors (Lipinski definition) is 4. The molecule has 0 bridgehead atoms. The van der Waals surface area contributed by atoms with Crippen LogP contribution in [-0.4, -0.2) is 34.4 Å². The third kappa shape index (κ3) is 1.94. The Morgan fingerprint density at radius 3 is 2.73 bits per heavy atom. The molecular formula is C6H10N2O2S. The number of carbonyl (C=O) groups excluding carboxylic acids is 2. The molecule has 1 rings (SSSR count). The second-order valence-electron chi connectivity index (χ2n) is 2.54. The largest absolute Gasteiger partial charge is 0.326 e. The van der Waals surface area contributed by atoms with E-state index in [1.807, 2.05) is 0 Å². The average molecular weight is 174 g/mol. The first-order chi connectivity index (χ1) is 5.11. The normalized spacial score (nSPS) is 21.1. The predicted octanol–water partition coefficient (Wildman–Crippen LogP) is 0.0290. The van der Waals surface area contributed by atoms with Crippen molar-refractivity contribution in [2.75, 3.05) is 12.3 Å². The Balaban J connectivity index is 2.55. The van der Waals surface area contributed by atoms with Crippen LogP contribution < -0.4 is 5.73 Å². The van der Waals surface area contributed by atoms with Gasteiger partial charge in [0.25, 0.3) is 5.24 Å². The summed E-state index contributed by atoms with van der Waals surface area (Å²) < 4.78 is 0. The van der Waals surface area contributed by atoms with Crippen LogP contribution in [0, 0.1) is 0 Å². The number of nitrogens with zero attached hydrogens (tertiary/aromatic N) is 1. The van der Waals surface area contributed by atoms with E-state index in [1.165, 1.54) is 4.90 Å². The lowest BCUT2D eigenvalue weighted by Gasteiger charge is -2.14. The zero-order valence-electron chi connectivity index (χ0n) is 6.24. The summed E-state index contributed by atoms with van der Waals surface area (Å²) in [6.07, 6.45) is 0. The summed E-state index contributed by atoms with van der Waals surface area (Å²) in [6, 6.07) is -0.137. The van der Waals surface area contributed by atoms with Gasteiger partial charge in [0, 0.05) is 12.6 Å². The van der Waals surface area contributed by atoms with Gasteiger partial charge in [-0.25, -0.2) is 0 Å². The number of nitrogens with two attached hydrogens (primary N) is 1. The Hall–Kier alpha value is -0.550. The highest BCUT2D eigenvalue weighted by molar-refractivity contribution is 8.14. The van der Waals surface area contributed by atoms with Gasteiger partial charge in [-0.05, 0) is 6.92 Å². The molecule has 0 aromatic rings. The summed E-state index contributed by atoms with van der Waals surface area (Å²) in [5, 5.41) is -0.174. The summed E-state index contributed by atoms with van der Waals surface area (Å²) >= 11 is 1.04.